The fraction of sp³-hybridized carbons (Fsp3) is 0.176. The van der Waals surface area contributed by atoms with E-state index in [1.54, 1.807) is 4.57 Å². The van der Waals surface area contributed by atoms with Crippen molar-refractivity contribution >= 4 is 22.6 Å². The van der Waals surface area contributed by atoms with Crippen LogP contribution in [0.1, 0.15) is 11.4 Å². The quantitative estimate of drug-likeness (QED) is 0.777. The number of hydrogen-bond acceptors (Lipinski definition) is 3. The van der Waals surface area contributed by atoms with Crippen LogP contribution in [0.25, 0.3) is 11.0 Å². The summed E-state index contributed by atoms with van der Waals surface area (Å²) >= 11 is 0. The first-order valence-electron chi connectivity index (χ1n) is 7.09. The van der Waals surface area contributed by atoms with E-state index in [4.69, 9.17) is 0 Å². The Kier molecular flexibility index (Phi) is 3.89. The van der Waals surface area contributed by atoms with Crippen molar-refractivity contribution in [1.82, 2.24) is 9.55 Å². The molecule has 0 spiro atoms. The third-order valence-corrected chi connectivity index (χ3v) is 3.48. The van der Waals surface area contributed by atoms with E-state index in [2.05, 4.69) is 10.3 Å². The van der Waals surface area contributed by atoms with Gasteiger partial charge in [-0.2, -0.15) is 0 Å². The van der Waals surface area contributed by atoms with Gasteiger partial charge in [-0.15, -0.1) is 0 Å². The predicted octanol–water partition coefficient (Wildman–Crippen LogP) is 2.48. The Bertz CT molecular complexity index is 809. The van der Waals surface area contributed by atoms with Crippen LogP contribution >= 0.6 is 0 Å². The minimum absolute atomic E-state index is 0.115. The number of aromatic nitrogens is 2. The number of aliphatic hydroxyl groups is 1. The number of aryl methyl sites for hydroxylation is 1. The molecule has 1 amide bonds. The van der Waals surface area contributed by atoms with Crippen molar-refractivity contribution in [3.63, 3.8) is 0 Å². The minimum Gasteiger partial charge on any atom is -0.388 e. The summed E-state index contributed by atoms with van der Waals surface area (Å²) in [7, 11) is 0. The smallest absolute Gasteiger partial charge is 0.244 e. The number of amides is 1. The Labute approximate surface area is 128 Å². The summed E-state index contributed by atoms with van der Waals surface area (Å²) in [5.74, 6) is 0.338. The summed E-state index contributed by atoms with van der Waals surface area (Å²) < 4.78 is 1.74. The third-order valence-electron chi connectivity index (χ3n) is 3.48. The molecule has 0 atom stereocenters. The first-order chi connectivity index (χ1) is 10.7. The van der Waals surface area contributed by atoms with Gasteiger partial charge in [0.1, 0.15) is 19.0 Å². The van der Waals surface area contributed by atoms with Gasteiger partial charge >= 0.3 is 0 Å². The van der Waals surface area contributed by atoms with Crippen LogP contribution in [0.3, 0.4) is 0 Å². The van der Waals surface area contributed by atoms with Gasteiger partial charge in [-0.05, 0) is 36.8 Å². The van der Waals surface area contributed by atoms with Crippen LogP contribution in [0.5, 0.6) is 0 Å². The van der Waals surface area contributed by atoms with Crippen molar-refractivity contribution in [1.29, 1.82) is 0 Å². The molecule has 5 nitrogen and oxygen atoms in total. The average molecular weight is 295 g/mol. The van der Waals surface area contributed by atoms with Crippen LogP contribution < -0.4 is 5.32 Å². The van der Waals surface area contributed by atoms with E-state index < -0.39 is 0 Å². The van der Waals surface area contributed by atoms with E-state index >= 15 is 0 Å². The molecule has 5 heteroatoms. The zero-order valence-electron chi connectivity index (χ0n) is 12.3. The van der Waals surface area contributed by atoms with Crippen LogP contribution in [0.15, 0.2) is 48.5 Å². The molecular weight excluding hydrogens is 278 g/mol. The zero-order valence-corrected chi connectivity index (χ0v) is 12.3. The van der Waals surface area contributed by atoms with Crippen LogP contribution in [0.2, 0.25) is 0 Å². The summed E-state index contributed by atoms with van der Waals surface area (Å²) in [5.41, 5.74) is 3.48. The molecule has 0 fully saturated rings. The van der Waals surface area contributed by atoms with Crippen molar-refractivity contribution in [3.05, 3.63) is 59.9 Å². The van der Waals surface area contributed by atoms with Crippen LogP contribution in [0, 0.1) is 6.92 Å². The Morgan fingerprint density at radius 1 is 1.23 bits per heavy atom. The highest BCUT2D eigenvalue weighted by Gasteiger charge is 2.13. The molecule has 3 rings (SSSR count). The van der Waals surface area contributed by atoms with Gasteiger partial charge < -0.3 is 15.0 Å². The second kappa shape index (κ2) is 5.99. The number of benzene rings is 2. The van der Waals surface area contributed by atoms with Crippen LogP contribution in [-0.2, 0) is 17.9 Å². The number of carbonyl (C=O) groups excluding carboxylic acids is 1. The monoisotopic (exact) mass is 295 g/mol. The van der Waals surface area contributed by atoms with Crippen molar-refractivity contribution in [2.24, 2.45) is 0 Å². The number of imidazole rings is 1. The Morgan fingerprint density at radius 2 is 2.00 bits per heavy atom. The topological polar surface area (TPSA) is 67.2 Å². The van der Waals surface area contributed by atoms with E-state index in [1.807, 2.05) is 55.5 Å². The van der Waals surface area contributed by atoms with Gasteiger partial charge in [0.25, 0.3) is 0 Å². The maximum absolute atomic E-state index is 12.2. The van der Waals surface area contributed by atoms with Crippen LogP contribution in [0.4, 0.5) is 5.69 Å². The molecular formula is C17H17N3O2. The number of rotatable bonds is 4. The lowest BCUT2D eigenvalue weighted by Crippen LogP contribution is -2.20. The van der Waals surface area contributed by atoms with E-state index in [-0.39, 0.29) is 19.1 Å². The molecule has 2 N–H and O–H groups in total. The molecule has 112 valence electrons. The molecule has 2 aromatic carbocycles. The summed E-state index contributed by atoms with van der Waals surface area (Å²) in [4.78, 5) is 16.6. The normalized spacial score (nSPS) is 10.8. The molecule has 0 aliphatic carbocycles. The lowest BCUT2D eigenvalue weighted by molar-refractivity contribution is -0.116. The molecule has 22 heavy (non-hydrogen) atoms. The average Bonchev–Trinajstić information content (AvgIpc) is 2.85. The molecule has 3 aromatic rings. The summed E-state index contributed by atoms with van der Waals surface area (Å²) in [6.07, 6.45) is 0. The van der Waals surface area contributed by atoms with Gasteiger partial charge in [-0.3, -0.25) is 4.79 Å². The van der Waals surface area contributed by atoms with E-state index in [0.717, 1.165) is 22.3 Å². The largest absolute Gasteiger partial charge is 0.388 e. The highest BCUT2D eigenvalue weighted by atomic mass is 16.3. The number of aliphatic hydroxyl groups excluding tert-OH is 1. The standard InChI is InChI=1S/C17H17N3O2/c1-12-7-8-15-14(9-12)19-16(11-21)20(15)10-17(22)18-13-5-3-2-4-6-13/h2-9,21H,10-11H2,1H3,(H,18,22). The second-order valence-corrected chi connectivity index (χ2v) is 5.18. The van der Waals surface area contributed by atoms with Gasteiger partial charge in [-0.25, -0.2) is 4.98 Å². The molecule has 0 aliphatic rings. The van der Waals surface area contributed by atoms with Gasteiger partial charge in [0.2, 0.25) is 5.91 Å². The molecule has 1 aromatic heterocycles. The third kappa shape index (κ3) is 2.84. The second-order valence-electron chi connectivity index (χ2n) is 5.18. The molecule has 1 heterocycles. The SMILES string of the molecule is Cc1ccc2c(c1)nc(CO)n2CC(=O)Nc1ccccc1. The maximum Gasteiger partial charge on any atom is 0.244 e. The number of anilines is 1. The Morgan fingerprint density at radius 3 is 2.73 bits per heavy atom. The van der Waals surface area contributed by atoms with Gasteiger partial charge in [0.15, 0.2) is 0 Å². The summed E-state index contributed by atoms with van der Waals surface area (Å²) in [5, 5.41) is 12.3. The summed E-state index contributed by atoms with van der Waals surface area (Å²) in [6.45, 7) is 1.90. The first kappa shape index (κ1) is 14.3. The predicted molar refractivity (Wildman–Crippen MR) is 85.5 cm³/mol. The van der Waals surface area contributed by atoms with E-state index in [1.165, 1.54) is 0 Å². The minimum atomic E-state index is -0.202. The van der Waals surface area contributed by atoms with Gasteiger partial charge in [0, 0.05) is 5.69 Å². The summed E-state index contributed by atoms with van der Waals surface area (Å²) in [6, 6.07) is 15.1. The number of nitrogens with zero attached hydrogens (tertiary/aromatic N) is 2. The van der Waals surface area contributed by atoms with Gasteiger partial charge in [0.05, 0.1) is 11.0 Å². The molecule has 0 saturated carbocycles. The lowest BCUT2D eigenvalue weighted by atomic mass is 10.2. The zero-order chi connectivity index (χ0) is 15.5. The van der Waals surface area contributed by atoms with Crippen molar-refractivity contribution in [2.75, 3.05) is 5.32 Å². The fourth-order valence-corrected chi connectivity index (χ4v) is 2.45. The first-order valence-corrected chi connectivity index (χ1v) is 7.09. The highest BCUT2D eigenvalue weighted by molar-refractivity contribution is 5.91. The number of carbonyl (C=O) groups is 1. The Balaban J connectivity index is 1.88. The lowest BCUT2D eigenvalue weighted by Gasteiger charge is -2.09. The van der Waals surface area contributed by atoms with Crippen molar-refractivity contribution in [3.8, 4) is 0 Å². The fourth-order valence-electron chi connectivity index (χ4n) is 2.45. The van der Waals surface area contributed by atoms with Crippen LogP contribution in [-0.4, -0.2) is 20.6 Å². The molecule has 0 radical (unpaired) electrons. The number of para-hydroxylation sites is 1. The highest BCUT2D eigenvalue weighted by Crippen LogP contribution is 2.18. The number of fused-ring (bicyclic) bond motifs is 1. The van der Waals surface area contributed by atoms with Crippen molar-refractivity contribution < 1.29 is 9.90 Å². The molecule has 0 unspecified atom stereocenters. The van der Waals surface area contributed by atoms with Gasteiger partial charge in [-0.1, -0.05) is 24.3 Å². The number of hydrogen-bond donors (Lipinski definition) is 2. The molecule has 0 bridgehead atoms. The van der Waals surface area contributed by atoms with E-state index in [0.29, 0.717) is 5.82 Å². The molecule has 0 aliphatic heterocycles. The Hall–Kier alpha value is -2.66. The van der Waals surface area contributed by atoms with E-state index in [9.17, 15) is 9.90 Å². The molecule has 0 saturated heterocycles. The van der Waals surface area contributed by atoms with Crippen molar-refractivity contribution in [2.45, 2.75) is 20.1 Å². The maximum atomic E-state index is 12.2. The number of nitrogens with one attached hydrogen (secondary N) is 1.